The Morgan fingerprint density at radius 2 is 2.10 bits per heavy atom. The third-order valence-electron chi connectivity index (χ3n) is 3.03. The number of nitrogens with one attached hydrogen (secondary N) is 1. The zero-order chi connectivity index (χ0) is 14.5. The smallest absolute Gasteiger partial charge is 0.328 e. The van der Waals surface area contributed by atoms with Crippen molar-refractivity contribution in [1.82, 2.24) is 5.32 Å². The van der Waals surface area contributed by atoms with Crippen molar-refractivity contribution < 1.29 is 18.9 Å². The van der Waals surface area contributed by atoms with Gasteiger partial charge < -0.3 is 10.4 Å². The number of carbonyl (C=O) groups is 2. The van der Waals surface area contributed by atoms with Crippen LogP contribution in [0.1, 0.15) is 28.1 Å². The monoisotopic (exact) mass is 313 g/mol. The average molecular weight is 313 g/mol. The number of thiophene rings is 1. The van der Waals surface area contributed by atoms with Gasteiger partial charge in [-0.2, -0.15) is 0 Å². The fraction of sp³-hybridized carbons (Fsp3) is 0.385. The zero-order valence-electron chi connectivity index (χ0n) is 10.7. The van der Waals surface area contributed by atoms with Gasteiger partial charge in [0.05, 0.1) is 4.88 Å². The van der Waals surface area contributed by atoms with Crippen molar-refractivity contribution in [2.24, 2.45) is 0 Å². The first kappa shape index (κ1) is 14.9. The molecule has 0 bridgehead atoms. The first-order valence-corrected chi connectivity index (χ1v) is 8.57. The lowest BCUT2D eigenvalue weighted by molar-refractivity contribution is -0.131. The number of amides is 1. The molecular weight excluding hydrogens is 298 g/mol. The summed E-state index contributed by atoms with van der Waals surface area (Å²) in [5.41, 5.74) is 0.606. The van der Waals surface area contributed by atoms with E-state index < -0.39 is 16.8 Å². The molecule has 0 radical (unpaired) electrons. The van der Waals surface area contributed by atoms with Gasteiger partial charge in [0.25, 0.3) is 5.91 Å². The molecule has 1 aliphatic rings. The van der Waals surface area contributed by atoms with Crippen LogP contribution in [0.4, 0.5) is 0 Å². The first-order valence-electron chi connectivity index (χ1n) is 6.20. The summed E-state index contributed by atoms with van der Waals surface area (Å²) in [6, 6.07) is 1.77. The number of aliphatic carboxylic acids is 1. The number of rotatable bonds is 4. The highest BCUT2D eigenvalue weighted by Crippen LogP contribution is 2.19. The number of hydrogen-bond donors (Lipinski definition) is 2. The number of carboxylic acids is 1. The van der Waals surface area contributed by atoms with E-state index in [0.29, 0.717) is 21.9 Å². The molecule has 0 aromatic carbocycles. The van der Waals surface area contributed by atoms with Gasteiger partial charge in [0.1, 0.15) is 0 Å². The quantitative estimate of drug-likeness (QED) is 0.825. The minimum Gasteiger partial charge on any atom is -0.478 e. The maximum atomic E-state index is 12.2. The second-order valence-corrected chi connectivity index (χ2v) is 7.08. The maximum absolute atomic E-state index is 12.2. The summed E-state index contributed by atoms with van der Waals surface area (Å²) in [6.07, 6.45) is 3.89. The molecule has 0 unspecified atom stereocenters. The standard InChI is InChI=1S/C13H15NO4S2/c15-11(16)2-1-9-3-6-19-12(9)13(17)14-10-4-7-20(18)8-5-10/h1-3,6,10H,4-5,7-8H2,(H,14,17)(H,15,16)/b2-1+. The zero-order valence-corrected chi connectivity index (χ0v) is 12.3. The lowest BCUT2D eigenvalue weighted by Gasteiger charge is -2.22. The Morgan fingerprint density at radius 1 is 1.40 bits per heavy atom. The second-order valence-electron chi connectivity index (χ2n) is 4.47. The van der Waals surface area contributed by atoms with Gasteiger partial charge in [-0.1, -0.05) is 0 Å². The number of carbonyl (C=O) groups excluding carboxylic acids is 1. The van der Waals surface area contributed by atoms with E-state index in [9.17, 15) is 13.8 Å². The van der Waals surface area contributed by atoms with E-state index in [1.54, 1.807) is 11.4 Å². The van der Waals surface area contributed by atoms with E-state index in [-0.39, 0.29) is 11.9 Å². The Hall–Kier alpha value is -1.47. The molecule has 0 saturated carbocycles. The van der Waals surface area contributed by atoms with Crippen molar-refractivity contribution in [2.45, 2.75) is 18.9 Å². The molecule has 2 heterocycles. The Bertz CT molecular complexity index is 554. The Kier molecular flexibility index (Phi) is 5.08. The number of carboxylic acid groups (broad SMARTS) is 1. The maximum Gasteiger partial charge on any atom is 0.328 e. The lowest BCUT2D eigenvalue weighted by atomic mass is 10.1. The van der Waals surface area contributed by atoms with Gasteiger partial charge in [0.15, 0.2) is 0 Å². The van der Waals surface area contributed by atoms with Crippen LogP contribution < -0.4 is 5.32 Å². The van der Waals surface area contributed by atoms with Crippen LogP contribution >= 0.6 is 11.3 Å². The third-order valence-corrected chi connectivity index (χ3v) is 5.34. The van der Waals surface area contributed by atoms with E-state index in [0.717, 1.165) is 18.9 Å². The van der Waals surface area contributed by atoms with Crippen molar-refractivity contribution in [3.8, 4) is 0 Å². The van der Waals surface area contributed by atoms with E-state index in [1.165, 1.54) is 17.4 Å². The van der Waals surface area contributed by atoms with E-state index >= 15 is 0 Å². The molecule has 1 aromatic heterocycles. The van der Waals surface area contributed by atoms with E-state index in [1.807, 2.05) is 0 Å². The molecule has 0 aliphatic carbocycles. The summed E-state index contributed by atoms with van der Waals surface area (Å²) < 4.78 is 11.3. The van der Waals surface area contributed by atoms with Crippen LogP contribution in [0.3, 0.4) is 0 Å². The van der Waals surface area contributed by atoms with Gasteiger partial charge in [-0.3, -0.25) is 9.00 Å². The van der Waals surface area contributed by atoms with Crippen molar-refractivity contribution >= 4 is 40.1 Å². The highest BCUT2D eigenvalue weighted by Gasteiger charge is 2.21. The minimum absolute atomic E-state index is 0.0543. The summed E-state index contributed by atoms with van der Waals surface area (Å²) in [5.74, 6) is 0.0162. The summed E-state index contributed by atoms with van der Waals surface area (Å²) >= 11 is 1.28. The molecule has 0 atom stereocenters. The molecule has 108 valence electrons. The lowest BCUT2D eigenvalue weighted by Crippen LogP contribution is -2.39. The SMILES string of the molecule is O=C(O)/C=C/c1ccsc1C(=O)NC1CCS(=O)CC1. The fourth-order valence-electron chi connectivity index (χ4n) is 1.99. The average Bonchev–Trinajstić information content (AvgIpc) is 2.87. The molecule has 2 N–H and O–H groups in total. The van der Waals surface area contributed by atoms with Crippen LogP contribution in [0.25, 0.3) is 6.08 Å². The van der Waals surface area contributed by atoms with Gasteiger partial charge in [0, 0.05) is 34.4 Å². The van der Waals surface area contributed by atoms with Crippen LogP contribution in [-0.4, -0.2) is 38.7 Å². The van der Waals surface area contributed by atoms with Gasteiger partial charge in [-0.05, 0) is 35.9 Å². The predicted molar refractivity (Wildman–Crippen MR) is 79.4 cm³/mol. The van der Waals surface area contributed by atoms with E-state index in [2.05, 4.69) is 5.32 Å². The van der Waals surface area contributed by atoms with Crippen LogP contribution in [0, 0.1) is 0 Å². The van der Waals surface area contributed by atoms with Gasteiger partial charge in [-0.15, -0.1) is 11.3 Å². The topological polar surface area (TPSA) is 83.5 Å². The highest BCUT2D eigenvalue weighted by atomic mass is 32.2. The van der Waals surface area contributed by atoms with Crippen LogP contribution in [-0.2, 0) is 15.6 Å². The van der Waals surface area contributed by atoms with E-state index in [4.69, 9.17) is 5.11 Å². The molecule has 1 amide bonds. The van der Waals surface area contributed by atoms with Gasteiger partial charge in [0.2, 0.25) is 0 Å². The van der Waals surface area contributed by atoms with Crippen molar-refractivity contribution in [2.75, 3.05) is 11.5 Å². The summed E-state index contributed by atoms with van der Waals surface area (Å²) in [4.78, 5) is 23.2. The van der Waals surface area contributed by atoms with Crippen molar-refractivity contribution in [1.29, 1.82) is 0 Å². The summed E-state index contributed by atoms with van der Waals surface area (Å²) in [7, 11) is -0.750. The number of hydrogen-bond acceptors (Lipinski definition) is 4. The van der Waals surface area contributed by atoms with Crippen LogP contribution in [0.2, 0.25) is 0 Å². The van der Waals surface area contributed by atoms with Gasteiger partial charge in [-0.25, -0.2) is 4.79 Å². The first-order chi connectivity index (χ1) is 9.56. The highest BCUT2D eigenvalue weighted by molar-refractivity contribution is 7.85. The predicted octanol–water partition coefficient (Wildman–Crippen LogP) is 1.49. The second kappa shape index (κ2) is 6.81. The summed E-state index contributed by atoms with van der Waals surface area (Å²) in [6.45, 7) is 0. The van der Waals surface area contributed by atoms with Crippen molar-refractivity contribution in [3.63, 3.8) is 0 Å². The molecule has 1 saturated heterocycles. The molecule has 20 heavy (non-hydrogen) atoms. The molecule has 1 aliphatic heterocycles. The van der Waals surface area contributed by atoms with Crippen LogP contribution in [0.15, 0.2) is 17.5 Å². The Labute approximate surface area is 123 Å². The Balaban J connectivity index is 2.01. The third kappa shape index (κ3) is 4.01. The molecule has 7 heteroatoms. The summed E-state index contributed by atoms with van der Waals surface area (Å²) in [5, 5.41) is 13.3. The molecular formula is C13H15NO4S2. The minimum atomic E-state index is -1.04. The normalized spacial score (nSPS) is 22.8. The Morgan fingerprint density at radius 3 is 2.75 bits per heavy atom. The van der Waals surface area contributed by atoms with Crippen molar-refractivity contribution in [3.05, 3.63) is 28.0 Å². The molecule has 1 fully saturated rings. The van der Waals surface area contributed by atoms with Crippen LogP contribution in [0.5, 0.6) is 0 Å². The largest absolute Gasteiger partial charge is 0.478 e. The molecule has 2 rings (SSSR count). The fourth-order valence-corrected chi connectivity index (χ4v) is 4.07. The molecule has 0 spiro atoms. The van der Waals surface area contributed by atoms with Gasteiger partial charge >= 0.3 is 5.97 Å². The molecule has 1 aromatic rings. The molecule has 5 nitrogen and oxygen atoms in total.